The third-order valence-electron chi connectivity index (χ3n) is 2.30. The van der Waals surface area contributed by atoms with Gasteiger partial charge in [-0.15, -0.1) is 0 Å². The Morgan fingerprint density at radius 3 is 2.29 bits per heavy atom. The smallest absolute Gasteiger partial charge is 0.412 e. The van der Waals surface area contributed by atoms with E-state index in [9.17, 15) is 14.4 Å². The number of hydrogen-bond donors (Lipinski definition) is 2. The number of rotatable bonds is 4. The van der Waals surface area contributed by atoms with Gasteiger partial charge < -0.3 is 14.6 Å². The van der Waals surface area contributed by atoms with Crippen LogP contribution in [0.25, 0.3) is 0 Å². The van der Waals surface area contributed by atoms with Crippen LogP contribution >= 0.6 is 0 Å². The van der Waals surface area contributed by atoms with Gasteiger partial charge in [0.1, 0.15) is 11.4 Å². The van der Waals surface area contributed by atoms with Gasteiger partial charge in [0.05, 0.1) is 18.4 Å². The Morgan fingerprint density at radius 1 is 1.19 bits per heavy atom. The zero-order valence-electron chi connectivity index (χ0n) is 12.2. The maximum Gasteiger partial charge on any atom is 0.412 e. The summed E-state index contributed by atoms with van der Waals surface area (Å²) in [6.45, 7) is 5.05. The van der Waals surface area contributed by atoms with Crippen LogP contribution in [0, 0.1) is 0 Å². The third kappa shape index (κ3) is 4.79. The van der Waals surface area contributed by atoms with Crippen LogP contribution in [0.3, 0.4) is 0 Å². The second-order valence-electron chi connectivity index (χ2n) is 5.17. The number of carboxylic acid groups (broad SMARTS) is 1. The first kappa shape index (κ1) is 16.5. The summed E-state index contributed by atoms with van der Waals surface area (Å²) < 4.78 is 10.0. The van der Waals surface area contributed by atoms with E-state index in [1.807, 2.05) is 0 Å². The summed E-state index contributed by atoms with van der Waals surface area (Å²) in [6, 6.07) is 4.04. The summed E-state index contributed by atoms with van der Waals surface area (Å²) in [5.74, 6) is -2.39. The van der Waals surface area contributed by atoms with Gasteiger partial charge in [-0.1, -0.05) is 0 Å². The molecule has 21 heavy (non-hydrogen) atoms. The van der Waals surface area contributed by atoms with Gasteiger partial charge in [-0.2, -0.15) is 0 Å². The van der Waals surface area contributed by atoms with Gasteiger partial charge in [0.25, 0.3) is 5.78 Å². The van der Waals surface area contributed by atoms with Crippen LogP contribution in [-0.4, -0.2) is 35.7 Å². The van der Waals surface area contributed by atoms with Gasteiger partial charge in [-0.25, -0.2) is 9.59 Å². The molecule has 1 amide bonds. The van der Waals surface area contributed by atoms with E-state index in [4.69, 9.17) is 14.6 Å². The Bertz CT molecular complexity index is 573. The van der Waals surface area contributed by atoms with Crippen molar-refractivity contribution in [2.24, 2.45) is 0 Å². The van der Waals surface area contributed by atoms with Crippen LogP contribution in [0.15, 0.2) is 18.2 Å². The third-order valence-corrected chi connectivity index (χ3v) is 2.30. The number of aliphatic carboxylic acids is 1. The lowest BCUT2D eigenvalue weighted by atomic mass is 10.1. The zero-order chi connectivity index (χ0) is 16.2. The molecule has 0 aromatic heterocycles. The lowest BCUT2D eigenvalue weighted by Crippen LogP contribution is -2.28. The van der Waals surface area contributed by atoms with Gasteiger partial charge in [0.15, 0.2) is 0 Å². The molecule has 0 aliphatic carbocycles. The van der Waals surface area contributed by atoms with E-state index < -0.39 is 23.4 Å². The van der Waals surface area contributed by atoms with Gasteiger partial charge in [0.2, 0.25) is 0 Å². The first-order valence-electron chi connectivity index (χ1n) is 6.09. The largest absolute Gasteiger partial charge is 0.497 e. The number of nitrogens with one attached hydrogen (secondary N) is 1. The van der Waals surface area contributed by atoms with E-state index in [0.717, 1.165) is 0 Å². The summed E-state index contributed by atoms with van der Waals surface area (Å²) in [4.78, 5) is 34.1. The number of carbonyl (C=O) groups excluding carboxylic acids is 2. The quantitative estimate of drug-likeness (QED) is 0.652. The average molecular weight is 295 g/mol. The number of carboxylic acids is 1. The first-order valence-corrected chi connectivity index (χ1v) is 6.09. The van der Waals surface area contributed by atoms with E-state index in [1.165, 1.54) is 25.3 Å². The Labute approximate surface area is 121 Å². The first-order chi connectivity index (χ1) is 9.64. The SMILES string of the molecule is COc1ccc(C(=O)C(=O)O)c(NC(=O)OC(C)(C)C)c1. The fourth-order valence-electron chi connectivity index (χ4n) is 1.48. The molecule has 0 bridgehead atoms. The number of methoxy groups -OCH3 is 1. The molecule has 0 saturated heterocycles. The Hall–Kier alpha value is -2.57. The molecule has 0 spiro atoms. The van der Waals surface area contributed by atoms with Crippen LogP contribution in [0.5, 0.6) is 5.75 Å². The van der Waals surface area contributed by atoms with Crippen LogP contribution in [-0.2, 0) is 9.53 Å². The molecule has 7 heteroatoms. The lowest BCUT2D eigenvalue weighted by Gasteiger charge is -2.20. The molecule has 1 aromatic carbocycles. The second-order valence-corrected chi connectivity index (χ2v) is 5.17. The number of ether oxygens (including phenoxy) is 2. The lowest BCUT2D eigenvalue weighted by molar-refractivity contribution is -0.131. The molecule has 0 radical (unpaired) electrons. The van der Waals surface area contributed by atoms with Gasteiger partial charge in [0, 0.05) is 6.07 Å². The monoisotopic (exact) mass is 295 g/mol. The van der Waals surface area contributed by atoms with Crippen molar-refractivity contribution in [1.29, 1.82) is 0 Å². The summed E-state index contributed by atoms with van der Waals surface area (Å²) in [5.41, 5.74) is -0.870. The van der Waals surface area contributed by atoms with Crippen LogP contribution in [0.4, 0.5) is 10.5 Å². The van der Waals surface area contributed by atoms with E-state index in [2.05, 4.69) is 5.32 Å². The van der Waals surface area contributed by atoms with Crippen molar-refractivity contribution in [2.45, 2.75) is 26.4 Å². The molecule has 0 aliphatic heterocycles. The van der Waals surface area contributed by atoms with Gasteiger partial charge >= 0.3 is 12.1 Å². The highest BCUT2D eigenvalue weighted by atomic mass is 16.6. The number of Topliss-reactive ketones (excluding diaryl/α,β-unsaturated/α-hetero) is 1. The average Bonchev–Trinajstić information content (AvgIpc) is 2.35. The highest BCUT2D eigenvalue weighted by molar-refractivity contribution is 6.41. The predicted molar refractivity (Wildman–Crippen MR) is 74.8 cm³/mol. The number of carbonyl (C=O) groups is 3. The maximum atomic E-state index is 11.7. The highest BCUT2D eigenvalue weighted by Gasteiger charge is 2.22. The fourth-order valence-corrected chi connectivity index (χ4v) is 1.48. The number of benzene rings is 1. The molecular weight excluding hydrogens is 278 g/mol. The molecule has 0 unspecified atom stereocenters. The van der Waals surface area contributed by atoms with Gasteiger partial charge in [-0.3, -0.25) is 10.1 Å². The van der Waals surface area contributed by atoms with Crippen molar-refractivity contribution >= 4 is 23.5 Å². The molecule has 7 nitrogen and oxygen atoms in total. The number of anilines is 1. The Kier molecular flexibility index (Phi) is 4.91. The minimum atomic E-state index is -1.62. The van der Waals surface area contributed by atoms with Crippen molar-refractivity contribution in [3.05, 3.63) is 23.8 Å². The van der Waals surface area contributed by atoms with Crippen molar-refractivity contribution in [2.75, 3.05) is 12.4 Å². The highest BCUT2D eigenvalue weighted by Crippen LogP contribution is 2.24. The van der Waals surface area contributed by atoms with Crippen molar-refractivity contribution < 1.29 is 29.0 Å². The molecule has 2 N–H and O–H groups in total. The summed E-state index contributed by atoms with van der Waals surface area (Å²) in [6.07, 6.45) is -0.796. The molecule has 0 fully saturated rings. The van der Waals surface area contributed by atoms with Crippen LogP contribution < -0.4 is 10.1 Å². The molecule has 0 atom stereocenters. The van der Waals surface area contributed by atoms with Crippen molar-refractivity contribution in [3.8, 4) is 5.75 Å². The zero-order valence-corrected chi connectivity index (χ0v) is 12.2. The second kappa shape index (κ2) is 6.25. The number of amides is 1. The molecule has 1 aromatic rings. The maximum absolute atomic E-state index is 11.7. The minimum Gasteiger partial charge on any atom is -0.497 e. The topological polar surface area (TPSA) is 102 Å². The Morgan fingerprint density at radius 2 is 1.81 bits per heavy atom. The summed E-state index contributed by atoms with van der Waals surface area (Å²) in [5, 5.41) is 11.1. The molecule has 1 rings (SSSR count). The predicted octanol–water partition coefficient (Wildman–Crippen LogP) is 2.31. The molecule has 0 heterocycles. The van der Waals surface area contributed by atoms with E-state index in [0.29, 0.717) is 5.75 Å². The normalized spacial score (nSPS) is 10.7. The molecule has 114 valence electrons. The molecular formula is C14H17NO6. The van der Waals surface area contributed by atoms with Crippen molar-refractivity contribution in [3.63, 3.8) is 0 Å². The summed E-state index contributed by atoms with van der Waals surface area (Å²) in [7, 11) is 1.41. The van der Waals surface area contributed by atoms with Crippen LogP contribution in [0.1, 0.15) is 31.1 Å². The standard InChI is InChI=1S/C14H17NO6/c1-14(2,3)21-13(19)15-10-7-8(20-4)5-6-9(10)11(16)12(17)18/h5-7H,1-4H3,(H,15,19)(H,17,18). The molecule has 0 saturated carbocycles. The van der Waals surface area contributed by atoms with E-state index >= 15 is 0 Å². The Balaban J connectivity index is 3.10. The number of hydrogen-bond acceptors (Lipinski definition) is 5. The fraction of sp³-hybridized carbons (Fsp3) is 0.357. The van der Waals surface area contributed by atoms with Crippen molar-refractivity contribution in [1.82, 2.24) is 0 Å². The van der Waals surface area contributed by atoms with Gasteiger partial charge in [-0.05, 0) is 32.9 Å². The molecule has 0 aliphatic rings. The van der Waals surface area contributed by atoms with Crippen LogP contribution in [0.2, 0.25) is 0 Å². The minimum absolute atomic E-state index is 0.0102. The summed E-state index contributed by atoms with van der Waals surface area (Å²) >= 11 is 0. The number of ketones is 1. The van der Waals surface area contributed by atoms with E-state index in [-0.39, 0.29) is 11.3 Å². The van der Waals surface area contributed by atoms with E-state index in [1.54, 1.807) is 20.8 Å².